The second-order valence-electron chi connectivity index (χ2n) is 2.29. The lowest BCUT2D eigenvalue weighted by atomic mass is 10.2. The smallest absolute Gasteiger partial charge is 0.122 e. The molecule has 0 bridgehead atoms. The number of halogens is 1. The van der Waals surface area contributed by atoms with Crippen LogP contribution in [-0.2, 0) is 0 Å². The van der Waals surface area contributed by atoms with E-state index in [4.69, 9.17) is 0 Å². The Kier molecular flexibility index (Phi) is 3.11. The van der Waals surface area contributed by atoms with Gasteiger partial charge in [0.15, 0.2) is 0 Å². The molecule has 0 heterocycles. The highest BCUT2D eigenvalue weighted by molar-refractivity contribution is 9.12. The second-order valence-corrected chi connectivity index (χ2v) is 3.21. The van der Waals surface area contributed by atoms with Gasteiger partial charge in [-0.25, -0.2) is 0 Å². The summed E-state index contributed by atoms with van der Waals surface area (Å²) in [4.78, 5) is 0. The first-order chi connectivity index (χ1) is 5.74. The van der Waals surface area contributed by atoms with Crippen LogP contribution >= 0.6 is 15.9 Å². The van der Waals surface area contributed by atoms with E-state index in [-0.39, 0.29) is 5.75 Å². The summed E-state index contributed by atoms with van der Waals surface area (Å²) in [5.74, 6) is 0.274. The van der Waals surface area contributed by atoms with E-state index < -0.39 is 0 Å². The molecule has 1 rings (SSSR count). The third-order valence-corrected chi connectivity index (χ3v) is 1.98. The Balaban J connectivity index is 3.04. The van der Waals surface area contributed by atoms with Gasteiger partial charge in [-0.05, 0) is 12.1 Å². The predicted molar refractivity (Wildman–Crippen MR) is 55.2 cm³/mol. The Hall–Kier alpha value is -1.02. The van der Waals surface area contributed by atoms with E-state index in [1.54, 1.807) is 18.2 Å². The highest BCUT2D eigenvalue weighted by Gasteiger charge is 1.94. The van der Waals surface area contributed by atoms with Crippen molar-refractivity contribution in [2.24, 2.45) is 0 Å². The predicted octanol–water partition coefficient (Wildman–Crippen LogP) is 3.31. The zero-order valence-electron chi connectivity index (χ0n) is 6.50. The maximum absolute atomic E-state index is 9.36. The minimum absolute atomic E-state index is 0.274. The summed E-state index contributed by atoms with van der Waals surface area (Å²) in [6.07, 6.45) is 3.48. The van der Waals surface area contributed by atoms with Crippen LogP contribution in [0.1, 0.15) is 5.56 Å². The molecule has 1 N–H and O–H groups in total. The van der Waals surface area contributed by atoms with E-state index in [2.05, 4.69) is 22.5 Å². The summed E-state index contributed by atoms with van der Waals surface area (Å²) in [6.45, 7) is 3.59. The Labute approximate surface area is 80.2 Å². The fourth-order valence-electron chi connectivity index (χ4n) is 0.817. The third-order valence-electron chi connectivity index (χ3n) is 1.43. The van der Waals surface area contributed by atoms with Crippen molar-refractivity contribution < 1.29 is 5.11 Å². The summed E-state index contributed by atoms with van der Waals surface area (Å²) in [7, 11) is 0. The molecular formula is C10H9BrO. The van der Waals surface area contributed by atoms with Crippen LogP contribution in [0.3, 0.4) is 0 Å². The molecular weight excluding hydrogens is 216 g/mol. The van der Waals surface area contributed by atoms with Crippen LogP contribution < -0.4 is 0 Å². The molecule has 0 aliphatic rings. The molecule has 62 valence electrons. The summed E-state index contributed by atoms with van der Waals surface area (Å²) in [6, 6.07) is 7.14. The van der Waals surface area contributed by atoms with Crippen molar-refractivity contribution in [3.05, 3.63) is 47.0 Å². The van der Waals surface area contributed by atoms with E-state index in [0.29, 0.717) is 0 Å². The van der Waals surface area contributed by atoms with Gasteiger partial charge < -0.3 is 5.11 Å². The maximum atomic E-state index is 9.36. The number of hydrogen-bond donors (Lipinski definition) is 1. The normalized spacial score (nSPS) is 11.2. The van der Waals surface area contributed by atoms with Crippen molar-refractivity contribution in [1.29, 1.82) is 0 Å². The molecule has 2 heteroatoms. The van der Waals surface area contributed by atoms with Crippen molar-refractivity contribution in [2.45, 2.75) is 0 Å². The van der Waals surface area contributed by atoms with Crippen molar-refractivity contribution in [1.82, 2.24) is 0 Å². The van der Waals surface area contributed by atoms with E-state index in [1.165, 1.54) is 0 Å². The first-order valence-electron chi connectivity index (χ1n) is 3.51. The molecule has 0 unspecified atom stereocenters. The van der Waals surface area contributed by atoms with Gasteiger partial charge in [-0.2, -0.15) is 0 Å². The van der Waals surface area contributed by atoms with Gasteiger partial charge in [0, 0.05) is 10.0 Å². The lowest BCUT2D eigenvalue weighted by Gasteiger charge is -1.97. The zero-order chi connectivity index (χ0) is 8.97. The highest BCUT2D eigenvalue weighted by Crippen LogP contribution is 2.21. The SMILES string of the molecule is C=C/C(Br)=C/c1ccccc1O. The van der Waals surface area contributed by atoms with Crippen LogP contribution in [0.5, 0.6) is 5.75 Å². The summed E-state index contributed by atoms with van der Waals surface area (Å²) < 4.78 is 0.851. The molecule has 0 fully saturated rings. The molecule has 0 radical (unpaired) electrons. The molecule has 0 atom stereocenters. The Bertz CT molecular complexity index is 315. The molecule has 1 aromatic rings. The number of rotatable bonds is 2. The van der Waals surface area contributed by atoms with E-state index >= 15 is 0 Å². The van der Waals surface area contributed by atoms with Crippen LogP contribution in [0, 0.1) is 0 Å². The van der Waals surface area contributed by atoms with Gasteiger partial charge in [0.05, 0.1) is 0 Å². The van der Waals surface area contributed by atoms with Gasteiger partial charge in [0.25, 0.3) is 0 Å². The number of hydrogen-bond acceptors (Lipinski definition) is 1. The van der Waals surface area contributed by atoms with Crippen molar-refractivity contribution in [2.75, 3.05) is 0 Å². The van der Waals surface area contributed by atoms with E-state index in [0.717, 1.165) is 10.0 Å². The zero-order valence-corrected chi connectivity index (χ0v) is 8.08. The molecule has 0 amide bonds. The largest absolute Gasteiger partial charge is 0.507 e. The molecule has 1 aromatic carbocycles. The quantitative estimate of drug-likeness (QED) is 0.765. The van der Waals surface area contributed by atoms with Gasteiger partial charge in [-0.15, -0.1) is 0 Å². The van der Waals surface area contributed by atoms with Crippen LogP contribution in [-0.4, -0.2) is 5.11 Å². The topological polar surface area (TPSA) is 20.2 Å². The Morgan fingerprint density at radius 3 is 2.67 bits per heavy atom. The summed E-state index contributed by atoms with van der Waals surface area (Å²) >= 11 is 3.28. The van der Waals surface area contributed by atoms with Crippen molar-refractivity contribution >= 4 is 22.0 Å². The number of para-hydroxylation sites is 1. The fraction of sp³-hybridized carbons (Fsp3) is 0. The van der Waals surface area contributed by atoms with Crippen LogP contribution in [0.25, 0.3) is 6.08 Å². The van der Waals surface area contributed by atoms with E-state index in [1.807, 2.05) is 18.2 Å². The lowest BCUT2D eigenvalue weighted by molar-refractivity contribution is 0.474. The van der Waals surface area contributed by atoms with Gasteiger partial charge >= 0.3 is 0 Å². The monoisotopic (exact) mass is 224 g/mol. The molecule has 0 spiro atoms. The minimum Gasteiger partial charge on any atom is -0.507 e. The molecule has 0 aliphatic heterocycles. The number of aromatic hydroxyl groups is 1. The maximum Gasteiger partial charge on any atom is 0.122 e. The summed E-state index contributed by atoms with van der Waals surface area (Å²) in [5.41, 5.74) is 0.782. The Morgan fingerprint density at radius 2 is 2.08 bits per heavy atom. The van der Waals surface area contributed by atoms with Crippen molar-refractivity contribution in [3.63, 3.8) is 0 Å². The number of phenolic OH excluding ortho intramolecular Hbond substituents is 1. The molecule has 0 saturated heterocycles. The van der Waals surface area contributed by atoms with Gasteiger partial charge in [0.2, 0.25) is 0 Å². The first kappa shape index (κ1) is 9.07. The minimum atomic E-state index is 0.274. The number of phenols is 1. The van der Waals surface area contributed by atoms with Gasteiger partial charge in [0.1, 0.15) is 5.75 Å². The average Bonchev–Trinajstić information content (AvgIpc) is 2.09. The second kappa shape index (κ2) is 4.12. The molecule has 0 aromatic heterocycles. The number of benzene rings is 1. The first-order valence-corrected chi connectivity index (χ1v) is 4.31. The molecule has 12 heavy (non-hydrogen) atoms. The Morgan fingerprint density at radius 1 is 1.42 bits per heavy atom. The molecule has 1 nitrogen and oxygen atoms in total. The highest BCUT2D eigenvalue weighted by atomic mass is 79.9. The van der Waals surface area contributed by atoms with Crippen LogP contribution in [0.4, 0.5) is 0 Å². The van der Waals surface area contributed by atoms with E-state index in [9.17, 15) is 5.11 Å². The fourth-order valence-corrected chi connectivity index (χ4v) is 1.06. The standard InChI is InChI=1S/C10H9BrO/c1-2-9(11)7-8-5-3-4-6-10(8)12/h2-7,12H,1H2/b9-7-. The lowest BCUT2D eigenvalue weighted by Crippen LogP contribution is -1.73. The van der Waals surface area contributed by atoms with Gasteiger partial charge in [-0.1, -0.05) is 46.8 Å². The number of allylic oxidation sites excluding steroid dienone is 2. The van der Waals surface area contributed by atoms with Crippen molar-refractivity contribution in [3.8, 4) is 5.75 Å². The summed E-state index contributed by atoms with van der Waals surface area (Å²) in [5, 5.41) is 9.36. The molecule has 0 aliphatic carbocycles. The molecule has 0 saturated carbocycles. The average molecular weight is 225 g/mol. The third kappa shape index (κ3) is 2.24. The van der Waals surface area contributed by atoms with Gasteiger partial charge in [-0.3, -0.25) is 0 Å². The van der Waals surface area contributed by atoms with Crippen LogP contribution in [0.2, 0.25) is 0 Å². The van der Waals surface area contributed by atoms with Crippen LogP contribution in [0.15, 0.2) is 41.4 Å².